The molecule has 0 aliphatic carbocycles. The van der Waals surface area contributed by atoms with E-state index in [0.717, 1.165) is 0 Å². The Balaban J connectivity index is 1.74. The van der Waals surface area contributed by atoms with E-state index in [1.165, 1.54) is 30.7 Å². The fourth-order valence-electron chi connectivity index (χ4n) is 1.57. The normalized spacial score (nSPS) is 10.1. The number of benzene rings is 1. The molecular weight excluding hydrogens is 263 g/mol. The number of rotatable bonds is 5. The molecule has 104 valence electrons. The fourth-order valence-corrected chi connectivity index (χ4v) is 1.57. The third-order valence-corrected chi connectivity index (χ3v) is 2.57. The van der Waals surface area contributed by atoms with Gasteiger partial charge in [0.25, 0.3) is 5.91 Å². The molecule has 6 heteroatoms. The third-order valence-electron chi connectivity index (χ3n) is 2.57. The van der Waals surface area contributed by atoms with Crippen molar-refractivity contribution in [3.63, 3.8) is 0 Å². The lowest BCUT2D eigenvalue weighted by Gasteiger charge is -2.06. The molecule has 0 unspecified atom stereocenters. The minimum Gasteiger partial charge on any atom is -0.472 e. The average Bonchev–Trinajstić information content (AvgIpc) is 2.97. The highest BCUT2D eigenvalue weighted by molar-refractivity contribution is 5.96. The minimum absolute atomic E-state index is 0.153. The van der Waals surface area contributed by atoms with E-state index in [1.807, 2.05) is 0 Å². The van der Waals surface area contributed by atoms with Crippen LogP contribution in [0.3, 0.4) is 0 Å². The Morgan fingerprint density at radius 2 is 2.05 bits per heavy atom. The summed E-state index contributed by atoms with van der Waals surface area (Å²) >= 11 is 0. The van der Waals surface area contributed by atoms with E-state index in [2.05, 4.69) is 10.6 Å². The molecule has 5 nitrogen and oxygen atoms in total. The van der Waals surface area contributed by atoms with Crippen LogP contribution in [0.25, 0.3) is 0 Å². The zero-order valence-electron chi connectivity index (χ0n) is 10.6. The molecule has 0 radical (unpaired) electrons. The zero-order valence-corrected chi connectivity index (χ0v) is 10.6. The molecule has 0 fully saturated rings. The predicted molar refractivity (Wildman–Crippen MR) is 69.3 cm³/mol. The molecule has 2 N–H and O–H groups in total. The van der Waals surface area contributed by atoms with E-state index < -0.39 is 0 Å². The van der Waals surface area contributed by atoms with E-state index >= 15 is 0 Å². The fraction of sp³-hybridized carbons (Fsp3) is 0.143. The van der Waals surface area contributed by atoms with E-state index in [4.69, 9.17) is 4.42 Å². The van der Waals surface area contributed by atoms with Crippen molar-refractivity contribution < 1.29 is 18.4 Å². The first-order valence-corrected chi connectivity index (χ1v) is 5.96. The Kier molecular flexibility index (Phi) is 4.49. The van der Waals surface area contributed by atoms with Gasteiger partial charge in [0, 0.05) is 6.54 Å². The topological polar surface area (TPSA) is 71.3 Å². The van der Waals surface area contributed by atoms with Gasteiger partial charge in [-0.1, -0.05) is 12.1 Å². The van der Waals surface area contributed by atoms with Crippen LogP contribution in [0.15, 0.2) is 47.3 Å². The summed E-state index contributed by atoms with van der Waals surface area (Å²) in [4.78, 5) is 23.1. The molecule has 0 aliphatic heterocycles. The summed E-state index contributed by atoms with van der Waals surface area (Å²) in [6.45, 7) is 0.0531. The number of hydrogen-bond donors (Lipinski definition) is 2. The summed E-state index contributed by atoms with van der Waals surface area (Å²) < 4.78 is 17.7. The standard InChI is InChI=1S/C14H13FN2O3/c15-12-3-1-2-10(6-12)7-16-13(18)8-17-14(19)11-4-5-20-9-11/h1-6,9H,7-8H2,(H,16,18)(H,17,19). The monoisotopic (exact) mass is 276 g/mol. The van der Waals surface area contributed by atoms with Crippen LogP contribution in [-0.4, -0.2) is 18.4 Å². The summed E-state index contributed by atoms with van der Waals surface area (Å²) in [6.07, 6.45) is 2.67. The van der Waals surface area contributed by atoms with Crippen LogP contribution in [0.4, 0.5) is 4.39 Å². The molecule has 1 aromatic carbocycles. The second-order valence-electron chi connectivity index (χ2n) is 4.10. The number of hydrogen-bond acceptors (Lipinski definition) is 3. The number of amides is 2. The first-order valence-electron chi connectivity index (χ1n) is 5.96. The molecule has 0 spiro atoms. The van der Waals surface area contributed by atoms with Gasteiger partial charge in [-0.15, -0.1) is 0 Å². The van der Waals surface area contributed by atoms with Gasteiger partial charge in [-0.25, -0.2) is 4.39 Å². The molecule has 0 bridgehead atoms. The highest BCUT2D eigenvalue weighted by Gasteiger charge is 2.08. The average molecular weight is 276 g/mol. The van der Waals surface area contributed by atoms with Crippen LogP contribution in [0.1, 0.15) is 15.9 Å². The van der Waals surface area contributed by atoms with Gasteiger partial charge in [0.15, 0.2) is 0 Å². The SMILES string of the molecule is O=C(CNC(=O)c1ccoc1)NCc1cccc(F)c1. The minimum atomic E-state index is -0.389. The third kappa shape index (κ3) is 3.94. The van der Waals surface area contributed by atoms with Crippen molar-refractivity contribution in [2.45, 2.75) is 6.54 Å². The van der Waals surface area contributed by atoms with Gasteiger partial charge in [0.1, 0.15) is 12.1 Å². The van der Waals surface area contributed by atoms with Gasteiger partial charge in [0.05, 0.1) is 18.4 Å². The van der Waals surface area contributed by atoms with Crippen molar-refractivity contribution in [3.05, 3.63) is 59.8 Å². The van der Waals surface area contributed by atoms with Crippen LogP contribution in [0, 0.1) is 5.82 Å². The second kappa shape index (κ2) is 6.51. The van der Waals surface area contributed by atoms with Crippen LogP contribution < -0.4 is 10.6 Å². The molecule has 0 saturated carbocycles. The number of furan rings is 1. The molecule has 2 amide bonds. The van der Waals surface area contributed by atoms with Crippen molar-refractivity contribution in [3.8, 4) is 0 Å². The molecule has 2 rings (SSSR count). The highest BCUT2D eigenvalue weighted by atomic mass is 19.1. The van der Waals surface area contributed by atoms with Crippen LogP contribution in [0.5, 0.6) is 0 Å². The molecule has 20 heavy (non-hydrogen) atoms. The van der Waals surface area contributed by atoms with E-state index in [9.17, 15) is 14.0 Å². The first-order chi connectivity index (χ1) is 9.65. The summed E-state index contributed by atoms with van der Waals surface area (Å²) in [5.74, 6) is -1.10. The summed E-state index contributed by atoms with van der Waals surface area (Å²) in [6, 6.07) is 7.44. The van der Waals surface area contributed by atoms with E-state index in [0.29, 0.717) is 11.1 Å². The van der Waals surface area contributed by atoms with Gasteiger partial charge in [-0.3, -0.25) is 9.59 Å². The molecule has 2 aromatic rings. The summed E-state index contributed by atoms with van der Waals surface area (Å²) in [5.41, 5.74) is 1.00. The van der Waals surface area contributed by atoms with E-state index in [1.54, 1.807) is 12.1 Å². The van der Waals surface area contributed by atoms with Crippen LogP contribution >= 0.6 is 0 Å². The zero-order chi connectivity index (χ0) is 14.4. The van der Waals surface area contributed by atoms with Gasteiger partial charge in [-0.2, -0.15) is 0 Å². The predicted octanol–water partition coefficient (Wildman–Crippen LogP) is 1.46. The van der Waals surface area contributed by atoms with E-state index in [-0.39, 0.29) is 30.7 Å². The Morgan fingerprint density at radius 1 is 1.20 bits per heavy atom. The summed E-state index contributed by atoms with van der Waals surface area (Å²) in [7, 11) is 0. The first kappa shape index (κ1) is 13.8. The highest BCUT2D eigenvalue weighted by Crippen LogP contribution is 2.02. The van der Waals surface area contributed by atoms with Crippen molar-refractivity contribution in [2.75, 3.05) is 6.54 Å². The lowest BCUT2D eigenvalue weighted by molar-refractivity contribution is -0.120. The Bertz CT molecular complexity index is 596. The molecule has 1 aromatic heterocycles. The lowest BCUT2D eigenvalue weighted by Crippen LogP contribution is -2.36. The number of nitrogens with one attached hydrogen (secondary N) is 2. The van der Waals surface area contributed by atoms with Crippen LogP contribution in [0.2, 0.25) is 0 Å². The molecule has 1 heterocycles. The summed E-state index contributed by atoms with van der Waals surface area (Å²) in [5, 5.41) is 5.03. The Hall–Kier alpha value is -2.63. The van der Waals surface area contributed by atoms with Crippen LogP contribution in [-0.2, 0) is 11.3 Å². The Labute approximate surface area is 114 Å². The Morgan fingerprint density at radius 3 is 2.75 bits per heavy atom. The van der Waals surface area contributed by atoms with Gasteiger partial charge >= 0.3 is 0 Å². The van der Waals surface area contributed by atoms with Crippen molar-refractivity contribution >= 4 is 11.8 Å². The number of carbonyl (C=O) groups is 2. The number of halogens is 1. The van der Waals surface area contributed by atoms with Gasteiger partial charge in [-0.05, 0) is 23.8 Å². The van der Waals surface area contributed by atoms with Gasteiger partial charge < -0.3 is 15.1 Å². The molecule has 0 atom stereocenters. The van der Waals surface area contributed by atoms with Crippen molar-refractivity contribution in [1.82, 2.24) is 10.6 Å². The second-order valence-corrected chi connectivity index (χ2v) is 4.10. The van der Waals surface area contributed by atoms with Crippen molar-refractivity contribution in [1.29, 1.82) is 0 Å². The number of carbonyl (C=O) groups excluding carboxylic acids is 2. The van der Waals surface area contributed by atoms with Crippen molar-refractivity contribution in [2.24, 2.45) is 0 Å². The lowest BCUT2D eigenvalue weighted by atomic mass is 10.2. The maximum absolute atomic E-state index is 12.9. The maximum atomic E-state index is 12.9. The molecule has 0 aliphatic rings. The quantitative estimate of drug-likeness (QED) is 0.868. The molecular formula is C14H13FN2O3. The molecule has 0 saturated heterocycles. The largest absolute Gasteiger partial charge is 0.472 e. The van der Waals surface area contributed by atoms with Gasteiger partial charge in [0.2, 0.25) is 5.91 Å². The maximum Gasteiger partial charge on any atom is 0.254 e. The smallest absolute Gasteiger partial charge is 0.254 e.